The minimum absolute atomic E-state index is 0.0278. The van der Waals surface area contributed by atoms with E-state index in [1.54, 1.807) is 21.6 Å². The van der Waals surface area contributed by atoms with E-state index in [1.165, 1.54) is 0 Å². The van der Waals surface area contributed by atoms with Crippen LogP contribution in [0, 0.1) is 0 Å². The van der Waals surface area contributed by atoms with E-state index in [4.69, 9.17) is 9.47 Å². The lowest BCUT2D eigenvalue weighted by molar-refractivity contribution is -0.0609. The van der Waals surface area contributed by atoms with Gasteiger partial charge in [-0.3, -0.25) is 0 Å². The summed E-state index contributed by atoms with van der Waals surface area (Å²) in [7, 11) is 3.55. The molecule has 66 valence electrons. The zero-order valence-corrected chi connectivity index (χ0v) is 8.76. The van der Waals surface area contributed by atoms with Crippen LogP contribution in [0.4, 0.5) is 0 Å². The van der Waals surface area contributed by atoms with E-state index < -0.39 is 0 Å². The Bertz CT molecular complexity index is 122. The van der Waals surface area contributed by atoms with Gasteiger partial charge in [-0.15, -0.1) is 0 Å². The van der Waals surface area contributed by atoms with Gasteiger partial charge in [0.25, 0.3) is 0 Å². The third-order valence-corrected chi connectivity index (χ3v) is 4.06. The fraction of sp³-hybridized carbons (Fsp3) is 1.00. The molecule has 1 aliphatic heterocycles. The molecule has 1 saturated heterocycles. The molecular formula is C7H14O2S2. The van der Waals surface area contributed by atoms with E-state index in [0.717, 1.165) is 13.2 Å². The SMILES string of the molecule is CSSC(C)(C)C1OCCO1. The van der Waals surface area contributed by atoms with Crippen molar-refractivity contribution in [1.29, 1.82) is 0 Å². The van der Waals surface area contributed by atoms with Crippen molar-refractivity contribution >= 4 is 21.6 Å². The van der Waals surface area contributed by atoms with Gasteiger partial charge >= 0.3 is 0 Å². The minimum atomic E-state index is -0.0278. The molecule has 0 unspecified atom stereocenters. The number of hydrogen-bond acceptors (Lipinski definition) is 4. The Labute approximate surface area is 75.8 Å². The summed E-state index contributed by atoms with van der Waals surface area (Å²) in [6.45, 7) is 5.76. The first-order chi connectivity index (χ1) is 5.17. The average Bonchev–Trinajstić information content (AvgIpc) is 2.37. The summed E-state index contributed by atoms with van der Waals surface area (Å²) < 4.78 is 10.9. The average molecular weight is 194 g/mol. The Morgan fingerprint density at radius 2 is 1.82 bits per heavy atom. The number of hydrogen-bond donors (Lipinski definition) is 0. The predicted octanol–water partition coefficient (Wildman–Crippen LogP) is 2.15. The largest absolute Gasteiger partial charge is 0.349 e. The van der Waals surface area contributed by atoms with Crippen molar-refractivity contribution in [2.45, 2.75) is 24.9 Å². The zero-order valence-electron chi connectivity index (χ0n) is 7.12. The van der Waals surface area contributed by atoms with Gasteiger partial charge in [0.2, 0.25) is 0 Å². The fourth-order valence-electron chi connectivity index (χ4n) is 1.01. The molecule has 2 nitrogen and oxygen atoms in total. The number of rotatable bonds is 3. The first-order valence-corrected chi connectivity index (χ1v) is 6.17. The first-order valence-electron chi connectivity index (χ1n) is 3.62. The van der Waals surface area contributed by atoms with E-state index in [0.29, 0.717) is 0 Å². The van der Waals surface area contributed by atoms with Crippen molar-refractivity contribution in [3.8, 4) is 0 Å². The van der Waals surface area contributed by atoms with Crippen LogP contribution in [0.25, 0.3) is 0 Å². The van der Waals surface area contributed by atoms with Crippen LogP contribution in [0.2, 0.25) is 0 Å². The maximum absolute atomic E-state index is 5.41. The quantitative estimate of drug-likeness (QED) is 0.641. The lowest BCUT2D eigenvalue weighted by Gasteiger charge is -2.27. The predicted molar refractivity (Wildman–Crippen MR) is 50.9 cm³/mol. The van der Waals surface area contributed by atoms with Crippen molar-refractivity contribution in [2.75, 3.05) is 19.5 Å². The van der Waals surface area contributed by atoms with E-state index >= 15 is 0 Å². The molecule has 0 aromatic rings. The summed E-state index contributed by atoms with van der Waals surface area (Å²) in [5.74, 6) is 0. The van der Waals surface area contributed by atoms with E-state index in [9.17, 15) is 0 Å². The fourth-order valence-corrected chi connectivity index (χ4v) is 3.18. The second-order valence-electron chi connectivity index (χ2n) is 2.93. The van der Waals surface area contributed by atoms with Crippen molar-refractivity contribution in [3.63, 3.8) is 0 Å². The van der Waals surface area contributed by atoms with E-state index in [2.05, 4.69) is 20.1 Å². The summed E-state index contributed by atoms with van der Waals surface area (Å²) in [5.41, 5.74) is 0. The van der Waals surface area contributed by atoms with Gasteiger partial charge < -0.3 is 9.47 Å². The molecule has 1 rings (SSSR count). The van der Waals surface area contributed by atoms with Gasteiger partial charge in [-0.05, 0) is 20.1 Å². The van der Waals surface area contributed by atoms with Crippen LogP contribution in [0.15, 0.2) is 0 Å². The van der Waals surface area contributed by atoms with Crippen molar-refractivity contribution < 1.29 is 9.47 Å². The maximum atomic E-state index is 5.41. The third kappa shape index (κ3) is 2.54. The Hall–Kier alpha value is 0.620. The maximum Gasteiger partial charge on any atom is 0.172 e. The van der Waals surface area contributed by atoms with Gasteiger partial charge in [0.05, 0.1) is 18.0 Å². The minimum Gasteiger partial charge on any atom is -0.349 e. The standard InChI is InChI=1S/C7H14O2S2/c1-7(2,11-10-3)6-8-4-5-9-6/h6H,4-5H2,1-3H3. The molecule has 0 bridgehead atoms. The highest BCUT2D eigenvalue weighted by Crippen LogP contribution is 2.38. The van der Waals surface area contributed by atoms with Crippen LogP contribution in [0.3, 0.4) is 0 Å². The van der Waals surface area contributed by atoms with Gasteiger partial charge in [0.15, 0.2) is 6.29 Å². The Morgan fingerprint density at radius 3 is 2.27 bits per heavy atom. The Morgan fingerprint density at radius 1 is 1.27 bits per heavy atom. The first kappa shape index (κ1) is 9.71. The van der Waals surface area contributed by atoms with E-state index in [1.807, 2.05) is 0 Å². The third-order valence-electron chi connectivity index (χ3n) is 1.49. The molecule has 1 aliphatic rings. The number of ether oxygens (including phenoxy) is 2. The molecular weight excluding hydrogens is 180 g/mol. The molecule has 11 heavy (non-hydrogen) atoms. The van der Waals surface area contributed by atoms with Crippen LogP contribution in [-0.2, 0) is 9.47 Å². The zero-order chi connectivity index (χ0) is 8.32. The summed E-state index contributed by atoms with van der Waals surface area (Å²) in [6, 6.07) is 0. The normalized spacial score (nSPS) is 21.0. The molecule has 0 radical (unpaired) electrons. The molecule has 0 aromatic heterocycles. The molecule has 0 aromatic carbocycles. The van der Waals surface area contributed by atoms with Crippen molar-refractivity contribution in [2.24, 2.45) is 0 Å². The van der Waals surface area contributed by atoms with Gasteiger partial charge in [-0.2, -0.15) is 0 Å². The van der Waals surface area contributed by atoms with Gasteiger partial charge in [0.1, 0.15) is 0 Å². The molecule has 0 N–H and O–H groups in total. The van der Waals surface area contributed by atoms with Gasteiger partial charge in [-0.25, -0.2) is 0 Å². The lowest BCUT2D eigenvalue weighted by Crippen LogP contribution is -2.32. The summed E-state index contributed by atoms with van der Waals surface area (Å²) in [4.78, 5) is 0. The Balaban J connectivity index is 2.41. The smallest absolute Gasteiger partial charge is 0.172 e. The summed E-state index contributed by atoms with van der Waals surface area (Å²) in [6.07, 6.45) is 2.04. The monoisotopic (exact) mass is 194 g/mol. The highest BCUT2D eigenvalue weighted by Gasteiger charge is 2.34. The van der Waals surface area contributed by atoms with Crippen LogP contribution in [0.1, 0.15) is 13.8 Å². The topological polar surface area (TPSA) is 18.5 Å². The van der Waals surface area contributed by atoms with Crippen LogP contribution in [-0.4, -0.2) is 30.5 Å². The molecule has 0 atom stereocenters. The van der Waals surface area contributed by atoms with Crippen molar-refractivity contribution in [3.05, 3.63) is 0 Å². The molecule has 1 heterocycles. The second-order valence-corrected chi connectivity index (χ2v) is 5.98. The van der Waals surface area contributed by atoms with Crippen molar-refractivity contribution in [1.82, 2.24) is 0 Å². The highest BCUT2D eigenvalue weighted by molar-refractivity contribution is 8.77. The van der Waals surface area contributed by atoms with Crippen LogP contribution < -0.4 is 0 Å². The Kier molecular flexibility index (Phi) is 3.55. The lowest BCUT2D eigenvalue weighted by atomic mass is 10.2. The van der Waals surface area contributed by atoms with Crippen LogP contribution in [0.5, 0.6) is 0 Å². The summed E-state index contributed by atoms with van der Waals surface area (Å²) in [5, 5.41) is 0. The molecule has 0 spiro atoms. The second kappa shape index (κ2) is 4.03. The van der Waals surface area contributed by atoms with Gasteiger partial charge in [-0.1, -0.05) is 21.6 Å². The summed E-state index contributed by atoms with van der Waals surface area (Å²) >= 11 is 0. The molecule has 4 heteroatoms. The molecule has 0 amide bonds. The van der Waals surface area contributed by atoms with Gasteiger partial charge in [0, 0.05) is 0 Å². The molecule has 0 aliphatic carbocycles. The molecule has 0 saturated carbocycles. The van der Waals surface area contributed by atoms with Crippen LogP contribution >= 0.6 is 21.6 Å². The van der Waals surface area contributed by atoms with E-state index in [-0.39, 0.29) is 11.0 Å². The highest BCUT2D eigenvalue weighted by atomic mass is 33.1. The molecule has 1 fully saturated rings.